The molecule has 2 rings (SSSR count). The van der Waals surface area contributed by atoms with Crippen LogP contribution in [0, 0.1) is 0 Å². The van der Waals surface area contributed by atoms with Crippen LogP contribution < -0.4 is 10.3 Å². The summed E-state index contributed by atoms with van der Waals surface area (Å²) in [5.41, 5.74) is 2.24. The fraction of sp³-hybridized carbons (Fsp3) is 0.0769. The predicted octanol–water partition coefficient (Wildman–Crippen LogP) is 1.81. The Balaban J connectivity index is 2.15. The summed E-state index contributed by atoms with van der Waals surface area (Å²) in [4.78, 5) is 25.0. The Kier molecular flexibility index (Phi) is 5.37. The second-order valence-corrected chi connectivity index (χ2v) is 7.18. The molecule has 0 fully saturated rings. The largest absolute Gasteiger partial charge is 0.465 e. The zero-order chi connectivity index (χ0) is 17.0. The SMILES string of the molecule is COC(=O)c1sccc1S(=O)(=O)NNC(=O)c1cccc(Cl)c1. The predicted molar refractivity (Wildman–Crippen MR) is 84.9 cm³/mol. The number of methoxy groups -OCH3 is 1. The highest BCUT2D eigenvalue weighted by Gasteiger charge is 2.25. The summed E-state index contributed by atoms with van der Waals surface area (Å²) in [6, 6.07) is 7.23. The number of sulfonamides is 1. The third kappa shape index (κ3) is 4.08. The van der Waals surface area contributed by atoms with E-state index in [0.29, 0.717) is 5.02 Å². The van der Waals surface area contributed by atoms with Crippen LogP contribution in [0.4, 0.5) is 0 Å². The number of hydrogen-bond acceptors (Lipinski definition) is 6. The smallest absolute Gasteiger partial charge is 0.349 e. The number of halogens is 1. The molecule has 2 N–H and O–H groups in total. The van der Waals surface area contributed by atoms with E-state index >= 15 is 0 Å². The molecule has 0 aliphatic carbocycles. The van der Waals surface area contributed by atoms with E-state index in [4.69, 9.17) is 11.6 Å². The highest BCUT2D eigenvalue weighted by Crippen LogP contribution is 2.22. The lowest BCUT2D eigenvalue weighted by molar-refractivity contribution is 0.0602. The van der Waals surface area contributed by atoms with Gasteiger partial charge < -0.3 is 4.74 Å². The number of benzene rings is 1. The first-order valence-electron chi connectivity index (χ1n) is 6.08. The molecule has 1 aromatic heterocycles. The van der Waals surface area contributed by atoms with Crippen LogP contribution in [-0.2, 0) is 14.8 Å². The fourth-order valence-corrected chi connectivity index (χ4v) is 3.99. The van der Waals surface area contributed by atoms with E-state index in [1.165, 1.54) is 23.6 Å². The van der Waals surface area contributed by atoms with Crippen molar-refractivity contribution in [3.63, 3.8) is 0 Å². The minimum Gasteiger partial charge on any atom is -0.465 e. The number of amides is 1. The van der Waals surface area contributed by atoms with Crippen LogP contribution in [0.25, 0.3) is 0 Å². The molecule has 23 heavy (non-hydrogen) atoms. The van der Waals surface area contributed by atoms with Gasteiger partial charge in [0.05, 0.1) is 7.11 Å². The first kappa shape index (κ1) is 17.4. The van der Waals surface area contributed by atoms with Gasteiger partial charge in [-0.25, -0.2) is 13.2 Å². The lowest BCUT2D eigenvalue weighted by Crippen LogP contribution is -2.41. The van der Waals surface area contributed by atoms with E-state index in [1.807, 2.05) is 4.83 Å². The maximum atomic E-state index is 12.2. The summed E-state index contributed by atoms with van der Waals surface area (Å²) in [5.74, 6) is -1.47. The molecule has 0 atom stereocenters. The Labute approximate surface area is 141 Å². The molecule has 0 spiro atoms. The van der Waals surface area contributed by atoms with E-state index in [1.54, 1.807) is 12.1 Å². The van der Waals surface area contributed by atoms with E-state index in [2.05, 4.69) is 10.2 Å². The third-order valence-corrected chi connectivity index (χ3v) is 5.22. The second-order valence-electron chi connectivity index (χ2n) is 4.18. The van der Waals surface area contributed by atoms with E-state index < -0.39 is 21.9 Å². The molecule has 0 bridgehead atoms. The molecule has 1 amide bonds. The highest BCUT2D eigenvalue weighted by molar-refractivity contribution is 7.89. The molecule has 0 saturated heterocycles. The summed E-state index contributed by atoms with van der Waals surface area (Å²) in [7, 11) is -2.98. The van der Waals surface area contributed by atoms with Crippen LogP contribution in [0.3, 0.4) is 0 Å². The fourth-order valence-electron chi connectivity index (χ4n) is 1.62. The maximum absolute atomic E-state index is 12.2. The van der Waals surface area contributed by atoms with Gasteiger partial charge in [0.2, 0.25) is 0 Å². The van der Waals surface area contributed by atoms with Gasteiger partial charge in [-0.2, -0.15) is 0 Å². The Morgan fingerprint density at radius 3 is 2.65 bits per heavy atom. The number of hydrogen-bond donors (Lipinski definition) is 2. The zero-order valence-electron chi connectivity index (χ0n) is 11.7. The molecule has 7 nitrogen and oxygen atoms in total. The van der Waals surface area contributed by atoms with Crippen molar-refractivity contribution in [2.24, 2.45) is 0 Å². The number of ether oxygens (including phenoxy) is 1. The van der Waals surface area contributed by atoms with E-state index in [9.17, 15) is 18.0 Å². The van der Waals surface area contributed by atoms with Crippen LogP contribution in [-0.4, -0.2) is 27.4 Å². The Hall–Kier alpha value is -1.94. The molecule has 122 valence electrons. The normalized spacial score (nSPS) is 11.0. The summed E-state index contributed by atoms with van der Waals surface area (Å²) in [6.45, 7) is 0. The van der Waals surface area contributed by atoms with Crippen molar-refractivity contribution < 1.29 is 22.7 Å². The van der Waals surface area contributed by atoms with Gasteiger partial charge in [-0.3, -0.25) is 10.2 Å². The summed E-state index contributed by atoms with van der Waals surface area (Å²) >= 11 is 6.68. The quantitative estimate of drug-likeness (QED) is 0.614. The number of esters is 1. The Morgan fingerprint density at radius 2 is 2.00 bits per heavy atom. The van der Waals surface area contributed by atoms with Gasteiger partial charge in [0.25, 0.3) is 15.9 Å². The first-order valence-corrected chi connectivity index (χ1v) is 8.83. The van der Waals surface area contributed by atoms with Crippen molar-refractivity contribution >= 4 is 44.8 Å². The number of nitrogens with one attached hydrogen (secondary N) is 2. The molecule has 2 aromatic rings. The highest BCUT2D eigenvalue weighted by atomic mass is 35.5. The van der Waals surface area contributed by atoms with E-state index in [-0.39, 0.29) is 15.3 Å². The standard InChI is InChI=1S/C13H11ClN2O5S2/c1-21-13(18)11-10(5-6-22-11)23(19,20)16-15-12(17)8-3-2-4-9(14)7-8/h2-7,16H,1H3,(H,15,17). The Morgan fingerprint density at radius 1 is 1.26 bits per heavy atom. The molecule has 0 radical (unpaired) electrons. The third-order valence-electron chi connectivity index (χ3n) is 2.68. The van der Waals surface area contributed by atoms with Gasteiger partial charge in [-0.15, -0.1) is 16.2 Å². The van der Waals surface area contributed by atoms with Crippen molar-refractivity contribution in [2.45, 2.75) is 4.90 Å². The first-order chi connectivity index (χ1) is 10.8. The molecule has 1 heterocycles. The summed E-state index contributed by atoms with van der Waals surface area (Å²) in [6.07, 6.45) is 0. The van der Waals surface area contributed by atoms with Gasteiger partial charge in [0.1, 0.15) is 9.77 Å². The monoisotopic (exact) mass is 374 g/mol. The Bertz CT molecular complexity index is 848. The number of carbonyl (C=O) groups is 2. The number of rotatable bonds is 5. The minimum absolute atomic E-state index is 0.0861. The molecule has 0 aliphatic heterocycles. The average molecular weight is 375 g/mol. The molecule has 1 aromatic carbocycles. The number of thiophene rings is 1. The average Bonchev–Trinajstić information content (AvgIpc) is 3.02. The summed E-state index contributed by atoms with van der Waals surface area (Å²) in [5, 5.41) is 1.77. The van der Waals surface area contributed by atoms with Crippen molar-refractivity contribution in [1.29, 1.82) is 0 Å². The maximum Gasteiger partial charge on any atom is 0.349 e. The molecule has 0 saturated carbocycles. The second kappa shape index (κ2) is 7.09. The van der Waals surface area contributed by atoms with Gasteiger partial charge in [-0.05, 0) is 29.6 Å². The number of carbonyl (C=O) groups excluding carboxylic acids is 2. The van der Waals surface area contributed by atoms with Gasteiger partial charge >= 0.3 is 5.97 Å². The number of hydrazine groups is 1. The minimum atomic E-state index is -4.12. The van der Waals surface area contributed by atoms with Crippen molar-refractivity contribution in [1.82, 2.24) is 10.3 Å². The lowest BCUT2D eigenvalue weighted by atomic mass is 10.2. The van der Waals surface area contributed by atoms with E-state index in [0.717, 1.165) is 18.4 Å². The topological polar surface area (TPSA) is 102 Å². The lowest BCUT2D eigenvalue weighted by Gasteiger charge is -2.08. The van der Waals surface area contributed by atoms with Crippen LogP contribution in [0.5, 0.6) is 0 Å². The van der Waals surface area contributed by atoms with Gasteiger partial charge in [0, 0.05) is 10.6 Å². The van der Waals surface area contributed by atoms with Crippen LogP contribution >= 0.6 is 22.9 Å². The van der Waals surface area contributed by atoms with Crippen LogP contribution in [0.1, 0.15) is 20.0 Å². The van der Waals surface area contributed by atoms with Crippen LogP contribution in [0.2, 0.25) is 5.02 Å². The van der Waals surface area contributed by atoms with Crippen molar-refractivity contribution in [2.75, 3.05) is 7.11 Å². The zero-order valence-corrected chi connectivity index (χ0v) is 14.1. The molecule has 10 heteroatoms. The molecule has 0 unspecified atom stereocenters. The molecule has 0 aliphatic rings. The molecular formula is C13H11ClN2O5S2. The summed E-state index contributed by atoms with van der Waals surface area (Å²) < 4.78 is 28.9. The van der Waals surface area contributed by atoms with Gasteiger partial charge in [0.15, 0.2) is 0 Å². The molecular weight excluding hydrogens is 364 g/mol. The van der Waals surface area contributed by atoms with Crippen LogP contribution in [0.15, 0.2) is 40.6 Å². The van der Waals surface area contributed by atoms with Gasteiger partial charge in [-0.1, -0.05) is 17.7 Å². The van der Waals surface area contributed by atoms with Crippen molar-refractivity contribution in [3.05, 3.63) is 51.2 Å². The van der Waals surface area contributed by atoms with Crippen molar-refractivity contribution in [3.8, 4) is 0 Å².